The quantitative estimate of drug-likeness (QED) is 0.690. The molecule has 3 nitrogen and oxygen atoms in total. The topological polar surface area (TPSA) is 54.4 Å². The second kappa shape index (κ2) is 7.50. The van der Waals surface area contributed by atoms with E-state index in [2.05, 4.69) is 0 Å². The summed E-state index contributed by atoms with van der Waals surface area (Å²) in [4.78, 5) is 12.1. The summed E-state index contributed by atoms with van der Waals surface area (Å²) in [6, 6.07) is 27.3. The lowest BCUT2D eigenvalue weighted by atomic mass is 10.1. The van der Waals surface area contributed by atoms with Crippen LogP contribution in [0, 0.1) is 0 Å². The van der Waals surface area contributed by atoms with Gasteiger partial charge < -0.3 is 9.67 Å². The first-order chi connectivity index (χ1) is 12.1. The molecule has 4 heteroatoms. The molecule has 0 aromatic heterocycles. The Morgan fingerprint density at radius 2 is 1.16 bits per heavy atom. The summed E-state index contributed by atoms with van der Waals surface area (Å²) in [5.74, 6) is -1.04. The van der Waals surface area contributed by atoms with Crippen molar-refractivity contribution in [2.75, 3.05) is 0 Å². The highest BCUT2D eigenvalue weighted by atomic mass is 31.2. The van der Waals surface area contributed by atoms with Crippen LogP contribution in [0.4, 0.5) is 0 Å². The number of hydrogen-bond donors (Lipinski definition) is 1. The fraction of sp³-hybridized carbons (Fsp3) is 0.0952. The minimum atomic E-state index is -3.36. The number of benzene rings is 3. The van der Waals surface area contributed by atoms with Crippen molar-refractivity contribution in [2.24, 2.45) is 0 Å². The Morgan fingerprint density at radius 3 is 1.56 bits per heavy atom. The maximum atomic E-state index is 14.2. The number of carboxylic acid groups (broad SMARTS) is 1. The van der Waals surface area contributed by atoms with E-state index in [1.165, 1.54) is 0 Å². The smallest absolute Gasteiger partial charge is 0.314 e. The van der Waals surface area contributed by atoms with Crippen molar-refractivity contribution in [1.82, 2.24) is 0 Å². The standard InChI is InChI=1S/C21H19O3P/c22-21(23)20(16-17-10-4-1-5-11-17)25(24,18-12-6-2-7-13-18)19-14-8-3-9-15-19/h1-15,20H,16H2,(H,22,23)/t20-/m1/s1. The molecule has 3 aromatic rings. The molecule has 3 rings (SSSR count). The monoisotopic (exact) mass is 350 g/mol. The Bertz CT molecular complexity index is 833. The number of carbonyl (C=O) groups is 1. The molecule has 0 amide bonds. The van der Waals surface area contributed by atoms with Gasteiger partial charge in [-0.3, -0.25) is 4.79 Å². The normalized spacial score (nSPS) is 12.5. The van der Waals surface area contributed by atoms with Crippen molar-refractivity contribution in [3.05, 3.63) is 96.6 Å². The predicted octanol–water partition coefficient (Wildman–Crippen LogP) is 3.70. The van der Waals surface area contributed by atoms with Crippen LogP contribution in [-0.2, 0) is 15.8 Å². The second-order valence-electron chi connectivity index (χ2n) is 5.87. The summed E-state index contributed by atoms with van der Waals surface area (Å²) in [7, 11) is -3.36. The average molecular weight is 350 g/mol. The zero-order valence-corrected chi connectivity index (χ0v) is 14.6. The molecule has 0 aliphatic carbocycles. The Balaban J connectivity index is 2.15. The molecule has 0 radical (unpaired) electrons. The third-order valence-corrected chi connectivity index (χ3v) is 7.69. The van der Waals surface area contributed by atoms with Gasteiger partial charge in [0, 0.05) is 10.6 Å². The fourth-order valence-corrected chi connectivity index (χ4v) is 6.04. The van der Waals surface area contributed by atoms with Gasteiger partial charge >= 0.3 is 5.97 Å². The fourth-order valence-electron chi connectivity index (χ4n) is 3.02. The largest absolute Gasteiger partial charge is 0.481 e. The van der Waals surface area contributed by atoms with E-state index >= 15 is 0 Å². The van der Waals surface area contributed by atoms with Crippen LogP contribution in [-0.4, -0.2) is 16.7 Å². The molecule has 0 spiro atoms. The van der Waals surface area contributed by atoms with Gasteiger partial charge in [0.1, 0.15) is 5.66 Å². The van der Waals surface area contributed by atoms with E-state index in [0.29, 0.717) is 10.6 Å². The molecule has 0 heterocycles. The molecule has 0 fully saturated rings. The Kier molecular flexibility index (Phi) is 5.16. The zero-order valence-electron chi connectivity index (χ0n) is 13.7. The van der Waals surface area contributed by atoms with Gasteiger partial charge in [-0.05, 0) is 12.0 Å². The average Bonchev–Trinajstić information content (AvgIpc) is 2.67. The Hall–Kier alpha value is -2.64. The Morgan fingerprint density at radius 1 is 0.760 bits per heavy atom. The number of aliphatic carboxylic acids is 1. The van der Waals surface area contributed by atoms with Crippen LogP contribution in [0.1, 0.15) is 5.56 Å². The van der Waals surface area contributed by atoms with Gasteiger partial charge in [-0.25, -0.2) is 0 Å². The second-order valence-corrected chi connectivity index (χ2v) is 8.84. The molecular weight excluding hydrogens is 331 g/mol. The van der Waals surface area contributed by atoms with Crippen molar-refractivity contribution < 1.29 is 14.5 Å². The summed E-state index contributed by atoms with van der Waals surface area (Å²) < 4.78 is 14.2. The molecule has 0 aliphatic heterocycles. The first-order valence-electron chi connectivity index (χ1n) is 8.10. The van der Waals surface area contributed by atoms with Crippen molar-refractivity contribution in [3.63, 3.8) is 0 Å². The van der Waals surface area contributed by atoms with Gasteiger partial charge in [-0.15, -0.1) is 0 Å². The molecule has 0 aliphatic rings. The lowest BCUT2D eigenvalue weighted by Crippen LogP contribution is -2.33. The van der Waals surface area contributed by atoms with E-state index in [1.54, 1.807) is 48.5 Å². The molecule has 0 bridgehead atoms. The maximum Gasteiger partial charge on any atom is 0.314 e. The SMILES string of the molecule is O=C(O)[C@@H](Cc1ccccc1)P(=O)(c1ccccc1)c1ccccc1. The summed E-state index contributed by atoms with van der Waals surface area (Å²) in [5, 5.41) is 11.1. The van der Waals surface area contributed by atoms with E-state index in [9.17, 15) is 14.5 Å². The summed E-state index contributed by atoms with van der Waals surface area (Å²) in [6.45, 7) is 0. The van der Waals surface area contributed by atoms with Crippen LogP contribution in [0.5, 0.6) is 0 Å². The summed E-state index contributed by atoms with van der Waals surface area (Å²) >= 11 is 0. The molecule has 1 N–H and O–H groups in total. The highest BCUT2D eigenvalue weighted by Crippen LogP contribution is 2.49. The van der Waals surface area contributed by atoms with Gasteiger partial charge in [0.05, 0.1) is 0 Å². The van der Waals surface area contributed by atoms with Crippen molar-refractivity contribution >= 4 is 23.7 Å². The van der Waals surface area contributed by atoms with Crippen LogP contribution in [0.25, 0.3) is 0 Å². The van der Waals surface area contributed by atoms with E-state index in [4.69, 9.17) is 0 Å². The minimum absolute atomic E-state index is 0.219. The van der Waals surface area contributed by atoms with Gasteiger partial charge in [0.15, 0.2) is 7.14 Å². The molecule has 25 heavy (non-hydrogen) atoms. The van der Waals surface area contributed by atoms with Gasteiger partial charge in [-0.2, -0.15) is 0 Å². The molecule has 0 saturated carbocycles. The van der Waals surface area contributed by atoms with Crippen molar-refractivity contribution in [1.29, 1.82) is 0 Å². The van der Waals surface area contributed by atoms with E-state index < -0.39 is 18.8 Å². The highest BCUT2D eigenvalue weighted by molar-refractivity contribution is 7.80. The van der Waals surface area contributed by atoms with Crippen LogP contribution < -0.4 is 10.6 Å². The van der Waals surface area contributed by atoms with Crippen LogP contribution >= 0.6 is 7.14 Å². The molecule has 0 saturated heterocycles. The molecule has 126 valence electrons. The van der Waals surface area contributed by atoms with Crippen LogP contribution in [0.15, 0.2) is 91.0 Å². The predicted molar refractivity (Wildman–Crippen MR) is 101 cm³/mol. The van der Waals surface area contributed by atoms with Gasteiger partial charge in [-0.1, -0.05) is 91.0 Å². The minimum Gasteiger partial charge on any atom is -0.481 e. The van der Waals surface area contributed by atoms with Gasteiger partial charge in [0.2, 0.25) is 0 Å². The third kappa shape index (κ3) is 3.57. The van der Waals surface area contributed by atoms with Crippen molar-refractivity contribution in [2.45, 2.75) is 12.1 Å². The number of carboxylic acids is 1. The van der Waals surface area contributed by atoms with Gasteiger partial charge in [0.25, 0.3) is 0 Å². The first-order valence-corrected chi connectivity index (χ1v) is 9.87. The lowest BCUT2D eigenvalue weighted by molar-refractivity contribution is -0.136. The third-order valence-electron chi connectivity index (χ3n) is 4.28. The molecule has 0 unspecified atom stereocenters. The lowest BCUT2D eigenvalue weighted by Gasteiger charge is -2.26. The van der Waals surface area contributed by atoms with E-state index in [1.807, 2.05) is 42.5 Å². The van der Waals surface area contributed by atoms with E-state index in [-0.39, 0.29) is 6.42 Å². The molecule has 1 atom stereocenters. The highest BCUT2D eigenvalue weighted by Gasteiger charge is 2.41. The summed E-state index contributed by atoms with van der Waals surface area (Å²) in [5.41, 5.74) is -0.151. The van der Waals surface area contributed by atoms with Crippen LogP contribution in [0.2, 0.25) is 0 Å². The van der Waals surface area contributed by atoms with E-state index in [0.717, 1.165) is 5.56 Å². The maximum absolute atomic E-state index is 14.2. The molecular formula is C21H19O3P. The summed E-state index contributed by atoms with van der Waals surface area (Å²) in [6.07, 6.45) is 0.219. The molecule has 3 aromatic carbocycles. The van der Waals surface area contributed by atoms with Crippen molar-refractivity contribution in [3.8, 4) is 0 Å². The van der Waals surface area contributed by atoms with Crippen LogP contribution in [0.3, 0.4) is 0 Å². The first kappa shape index (κ1) is 17.2. The zero-order chi connectivity index (χ0) is 17.7. The number of rotatable bonds is 6. The Labute approximate surface area is 147 Å². The number of hydrogen-bond acceptors (Lipinski definition) is 2.